The van der Waals surface area contributed by atoms with Crippen molar-refractivity contribution in [1.82, 2.24) is 5.43 Å². The zero-order valence-electron chi connectivity index (χ0n) is 14.6. The molecule has 142 valence electrons. The van der Waals surface area contributed by atoms with E-state index in [0.717, 1.165) is 0 Å². The van der Waals surface area contributed by atoms with Crippen LogP contribution < -0.4 is 20.2 Å². The maximum atomic E-state index is 11.9. The standard InChI is InChI=1S/C18H17Cl2N3O4/c1-3-27-15-9-11(7-8-14(15)26-2)10-21-23-18(25)17(24)22-13-6-4-5-12(19)16(13)20/h4-10H,3H2,1-2H3,(H,22,24)(H,23,25)/b21-10-. The van der Waals surface area contributed by atoms with Crippen molar-refractivity contribution in [3.05, 3.63) is 52.0 Å². The summed E-state index contributed by atoms with van der Waals surface area (Å²) in [5, 5.41) is 6.53. The Labute approximate surface area is 166 Å². The fourth-order valence-corrected chi connectivity index (χ4v) is 2.39. The number of hydrogen-bond acceptors (Lipinski definition) is 5. The molecular formula is C18H17Cl2N3O4. The van der Waals surface area contributed by atoms with E-state index in [1.807, 2.05) is 6.92 Å². The first-order valence-corrected chi connectivity index (χ1v) is 8.61. The fraction of sp³-hybridized carbons (Fsp3) is 0.167. The first-order chi connectivity index (χ1) is 13.0. The lowest BCUT2D eigenvalue weighted by molar-refractivity contribution is -0.136. The van der Waals surface area contributed by atoms with Gasteiger partial charge in [-0.1, -0.05) is 29.3 Å². The molecule has 0 fully saturated rings. The summed E-state index contributed by atoms with van der Waals surface area (Å²) < 4.78 is 10.6. The average molecular weight is 410 g/mol. The second-order valence-electron chi connectivity index (χ2n) is 5.10. The van der Waals surface area contributed by atoms with Crippen LogP contribution in [0, 0.1) is 0 Å². The first kappa shape index (κ1) is 20.5. The second-order valence-corrected chi connectivity index (χ2v) is 5.88. The number of amides is 2. The van der Waals surface area contributed by atoms with Crippen LogP contribution in [0.25, 0.3) is 0 Å². The number of nitrogens with one attached hydrogen (secondary N) is 2. The number of hydrazone groups is 1. The number of methoxy groups -OCH3 is 1. The third-order valence-electron chi connectivity index (χ3n) is 3.27. The van der Waals surface area contributed by atoms with Crippen molar-refractivity contribution < 1.29 is 19.1 Å². The molecule has 0 radical (unpaired) electrons. The minimum absolute atomic E-state index is 0.144. The van der Waals surface area contributed by atoms with Crippen molar-refractivity contribution in [2.24, 2.45) is 5.10 Å². The second kappa shape index (κ2) is 9.80. The molecule has 2 amide bonds. The molecule has 2 aromatic rings. The fourth-order valence-electron chi connectivity index (χ4n) is 2.04. The van der Waals surface area contributed by atoms with Gasteiger partial charge in [-0.25, -0.2) is 5.43 Å². The first-order valence-electron chi connectivity index (χ1n) is 7.85. The predicted molar refractivity (Wildman–Crippen MR) is 105 cm³/mol. The molecule has 0 saturated carbocycles. The van der Waals surface area contributed by atoms with Gasteiger partial charge in [0, 0.05) is 0 Å². The topological polar surface area (TPSA) is 89.0 Å². The van der Waals surface area contributed by atoms with E-state index in [1.165, 1.54) is 19.4 Å². The molecule has 7 nitrogen and oxygen atoms in total. The van der Waals surface area contributed by atoms with E-state index in [0.29, 0.717) is 23.7 Å². The van der Waals surface area contributed by atoms with E-state index < -0.39 is 11.8 Å². The van der Waals surface area contributed by atoms with Crippen LogP contribution in [0.1, 0.15) is 12.5 Å². The molecule has 2 rings (SSSR count). The van der Waals surface area contributed by atoms with Gasteiger partial charge in [0.25, 0.3) is 0 Å². The summed E-state index contributed by atoms with van der Waals surface area (Å²) in [5.41, 5.74) is 3.01. The lowest BCUT2D eigenvalue weighted by Gasteiger charge is -2.09. The van der Waals surface area contributed by atoms with Gasteiger partial charge in [0.2, 0.25) is 0 Å². The van der Waals surface area contributed by atoms with Crippen molar-refractivity contribution in [3.63, 3.8) is 0 Å². The number of anilines is 1. The molecule has 27 heavy (non-hydrogen) atoms. The van der Waals surface area contributed by atoms with Gasteiger partial charge in [-0.3, -0.25) is 9.59 Å². The van der Waals surface area contributed by atoms with Gasteiger partial charge in [-0.15, -0.1) is 0 Å². The molecule has 0 aromatic heterocycles. The number of halogens is 2. The number of hydrogen-bond donors (Lipinski definition) is 2. The minimum Gasteiger partial charge on any atom is -0.493 e. The monoisotopic (exact) mass is 409 g/mol. The van der Waals surface area contributed by atoms with Crippen LogP contribution in [0.15, 0.2) is 41.5 Å². The molecular weight excluding hydrogens is 393 g/mol. The Kier molecular flexibility index (Phi) is 7.45. The third kappa shape index (κ3) is 5.60. The molecule has 0 atom stereocenters. The maximum absolute atomic E-state index is 11.9. The lowest BCUT2D eigenvalue weighted by atomic mass is 10.2. The van der Waals surface area contributed by atoms with Gasteiger partial charge >= 0.3 is 11.8 Å². The summed E-state index contributed by atoms with van der Waals surface area (Å²) in [6.45, 7) is 2.32. The SMILES string of the molecule is CCOc1cc(/C=N\NC(=O)C(=O)Nc2cccc(Cl)c2Cl)ccc1OC. The zero-order chi connectivity index (χ0) is 19.8. The Morgan fingerprint density at radius 3 is 2.63 bits per heavy atom. The number of benzene rings is 2. The average Bonchev–Trinajstić information content (AvgIpc) is 2.66. The van der Waals surface area contributed by atoms with Crippen LogP contribution in [0.2, 0.25) is 10.0 Å². The van der Waals surface area contributed by atoms with Crippen LogP contribution in [-0.4, -0.2) is 31.7 Å². The van der Waals surface area contributed by atoms with E-state index in [4.69, 9.17) is 32.7 Å². The van der Waals surface area contributed by atoms with E-state index in [1.54, 1.807) is 30.3 Å². The van der Waals surface area contributed by atoms with Crippen LogP contribution in [-0.2, 0) is 9.59 Å². The van der Waals surface area contributed by atoms with Crippen molar-refractivity contribution >= 4 is 46.9 Å². The highest BCUT2D eigenvalue weighted by atomic mass is 35.5. The molecule has 0 aliphatic carbocycles. The van der Waals surface area contributed by atoms with E-state index in [-0.39, 0.29) is 15.7 Å². The molecule has 9 heteroatoms. The Hall–Kier alpha value is -2.77. The number of carbonyl (C=O) groups excluding carboxylic acids is 2. The predicted octanol–water partition coefficient (Wildman–Crippen LogP) is 3.49. The summed E-state index contributed by atoms with van der Waals surface area (Å²) in [6.07, 6.45) is 1.37. The van der Waals surface area contributed by atoms with Gasteiger partial charge in [-0.05, 0) is 42.8 Å². The highest BCUT2D eigenvalue weighted by molar-refractivity contribution is 6.45. The summed E-state index contributed by atoms with van der Waals surface area (Å²) in [7, 11) is 1.54. The van der Waals surface area contributed by atoms with Crippen molar-refractivity contribution in [1.29, 1.82) is 0 Å². The quantitative estimate of drug-likeness (QED) is 0.434. The van der Waals surface area contributed by atoms with Crippen LogP contribution in [0.3, 0.4) is 0 Å². The summed E-state index contributed by atoms with van der Waals surface area (Å²) in [4.78, 5) is 23.8. The van der Waals surface area contributed by atoms with Crippen molar-refractivity contribution in [3.8, 4) is 11.5 Å². The lowest BCUT2D eigenvalue weighted by Crippen LogP contribution is -2.32. The molecule has 0 unspecified atom stereocenters. The number of ether oxygens (including phenoxy) is 2. The molecule has 0 aliphatic rings. The summed E-state index contributed by atoms with van der Waals surface area (Å²) in [5.74, 6) is -0.763. The summed E-state index contributed by atoms with van der Waals surface area (Å²) in [6, 6.07) is 9.82. The van der Waals surface area contributed by atoms with E-state index >= 15 is 0 Å². The molecule has 0 spiro atoms. The number of nitrogens with zero attached hydrogens (tertiary/aromatic N) is 1. The zero-order valence-corrected chi connectivity index (χ0v) is 16.1. The summed E-state index contributed by atoms with van der Waals surface area (Å²) >= 11 is 11.8. The van der Waals surface area contributed by atoms with Crippen LogP contribution in [0.4, 0.5) is 5.69 Å². The van der Waals surface area contributed by atoms with Crippen molar-refractivity contribution in [2.75, 3.05) is 19.0 Å². The molecule has 2 aromatic carbocycles. The number of rotatable bonds is 6. The third-order valence-corrected chi connectivity index (χ3v) is 4.09. The Balaban J connectivity index is 1.99. The minimum atomic E-state index is -0.958. The highest BCUT2D eigenvalue weighted by Crippen LogP contribution is 2.29. The van der Waals surface area contributed by atoms with Gasteiger partial charge in [0.05, 0.1) is 35.7 Å². The van der Waals surface area contributed by atoms with Gasteiger partial charge in [-0.2, -0.15) is 5.10 Å². The van der Waals surface area contributed by atoms with Crippen LogP contribution in [0.5, 0.6) is 11.5 Å². The molecule has 0 saturated heterocycles. The van der Waals surface area contributed by atoms with Gasteiger partial charge in [0.15, 0.2) is 11.5 Å². The highest BCUT2D eigenvalue weighted by Gasteiger charge is 2.15. The Bertz CT molecular complexity index is 872. The molecule has 0 heterocycles. The van der Waals surface area contributed by atoms with Gasteiger partial charge < -0.3 is 14.8 Å². The van der Waals surface area contributed by atoms with Crippen LogP contribution >= 0.6 is 23.2 Å². The molecule has 0 aliphatic heterocycles. The Morgan fingerprint density at radius 2 is 1.93 bits per heavy atom. The van der Waals surface area contributed by atoms with Crippen molar-refractivity contribution in [2.45, 2.75) is 6.92 Å². The molecule has 2 N–H and O–H groups in total. The van der Waals surface area contributed by atoms with Gasteiger partial charge in [0.1, 0.15) is 0 Å². The molecule has 0 bridgehead atoms. The maximum Gasteiger partial charge on any atom is 0.329 e. The van der Waals surface area contributed by atoms with E-state index in [2.05, 4.69) is 15.8 Å². The number of carbonyl (C=O) groups is 2. The normalized spacial score (nSPS) is 10.5. The Morgan fingerprint density at radius 1 is 1.15 bits per heavy atom. The smallest absolute Gasteiger partial charge is 0.329 e. The van der Waals surface area contributed by atoms with E-state index in [9.17, 15) is 9.59 Å². The largest absolute Gasteiger partial charge is 0.493 e.